The lowest BCUT2D eigenvalue weighted by Gasteiger charge is -2.24. The molecule has 1 N–H and O–H groups in total. The van der Waals surface area contributed by atoms with Gasteiger partial charge in [-0.05, 0) is 25.0 Å². The third-order valence-corrected chi connectivity index (χ3v) is 4.24. The molecule has 126 valence electrons. The van der Waals surface area contributed by atoms with E-state index < -0.39 is 11.9 Å². The highest BCUT2D eigenvalue weighted by Crippen LogP contribution is 2.28. The first kappa shape index (κ1) is 16.2. The number of rotatable bonds is 6. The average molecular weight is 329 g/mol. The van der Waals surface area contributed by atoms with Gasteiger partial charge in [0.05, 0.1) is 23.1 Å². The monoisotopic (exact) mass is 329 g/mol. The summed E-state index contributed by atoms with van der Waals surface area (Å²) >= 11 is 0. The summed E-state index contributed by atoms with van der Waals surface area (Å²) in [6, 6.07) is 7.06. The Hall–Kier alpha value is -2.70. The zero-order valence-electron chi connectivity index (χ0n) is 13.4. The molecule has 1 atom stereocenters. The number of amides is 1. The zero-order valence-corrected chi connectivity index (χ0v) is 13.4. The molecule has 7 nitrogen and oxygen atoms in total. The van der Waals surface area contributed by atoms with Crippen LogP contribution in [0.25, 0.3) is 10.9 Å². The fourth-order valence-electron chi connectivity index (χ4n) is 2.67. The van der Waals surface area contributed by atoms with Crippen LogP contribution in [0.4, 0.5) is 0 Å². The smallest absolute Gasteiger partial charge is 0.308 e. The van der Waals surface area contributed by atoms with Crippen LogP contribution in [-0.4, -0.2) is 44.0 Å². The fourth-order valence-corrected chi connectivity index (χ4v) is 2.67. The molecule has 2 aromatic rings. The highest BCUT2D eigenvalue weighted by atomic mass is 16.4. The van der Waals surface area contributed by atoms with Crippen molar-refractivity contribution < 1.29 is 14.7 Å². The Bertz CT molecular complexity index is 841. The minimum Gasteiger partial charge on any atom is -0.481 e. The van der Waals surface area contributed by atoms with Gasteiger partial charge in [0.1, 0.15) is 6.54 Å². The third-order valence-electron chi connectivity index (χ3n) is 4.24. The molecular weight excluding hydrogens is 310 g/mol. The molecule has 1 fully saturated rings. The van der Waals surface area contributed by atoms with Gasteiger partial charge in [0, 0.05) is 12.6 Å². The fraction of sp³-hybridized carbons (Fsp3) is 0.412. The van der Waals surface area contributed by atoms with Gasteiger partial charge in [0.15, 0.2) is 0 Å². The minimum absolute atomic E-state index is 0.0865. The topological polar surface area (TPSA) is 92.5 Å². The van der Waals surface area contributed by atoms with Crippen LogP contribution in [0.5, 0.6) is 0 Å². The van der Waals surface area contributed by atoms with Gasteiger partial charge in [-0.3, -0.25) is 19.0 Å². The lowest BCUT2D eigenvalue weighted by atomic mass is 10.1. The largest absolute Gasteiger partial charge is 0.481 e. The predicted molar refractivity (Wildman–Crippen MR) is 87.5 cm³/mol. The van der Waals surface area contributed by atoms with Crippen molar-refractivity contribution in [3.8, 4) is 0 Å². The number of carbonyl (C=O) groups is 2. The summed E-state index contributed by atoms with van der Waals surface area (Å²) in [4.78, 5) is 41.9. The van der Waals surface area contributed by atoms with Gasteiger partial charge in [-0.25, -0.2) is 4.98 Å². The highest BCUT2D eigenvalue weighted by molar-refractivity contribution is 5.80. The Balaban J connectivity index is 1.81. The van der Waals surface area contributed by atoms with E-state index in [-0.39, 0.29) is 30.6 Å². The summed E-state index contributed by atoms with van der Waals surface area (Å²) in [6.45, 7) is 1.61. The molecule has 1 aliphatic carbocycles. The Morgan fingerprint density at radius 3 is 2.75 bits per heavy atom. The van der Waals surface area contributed by atoms with E-state index in [1.54, 1.807) is 36.1 Å². The lowest BCUT2D eigenvalue weighted by Crippen LogP contribution is -2.41. The van der Waals surface area contributed by atoms with Crippen LogP contribution >= 0.6 is 0 Å². The Labute approximate surface area is 138 Å². The molecule has 3 rings (SSSR count). The number of para-hydroxylation sites is 1. The number of carboxylic acid groups (broad SMARTS) is 1. The van der Waals surface area contributed by atoms with E-state index in [0.29, 0.717) is 10.9 Å². The molecule has 1 aliphatic rings. The predicted octanol–water partition coefficient (Wildman–Crippen LogP) is 1.11. The first-order valence-corrected chi connectivity index (χ1v) is 7.94. The van der Waals surface area contributed by atoms with Gasteiger partial charge >= 0.3 is 5.97 Å². The Morgan fingerprint density at radius 1 is 1.38 bits per heavy atom. The van der Waals surface area contributed by atoms with Crippen LogP contribution < -0.4 is 5.56 Å². The number of hydrogen-bond donors (Lipinski definition) is 1. The summed E-state index contributed by atoms with van der Waals surface area (Å²) in [5.74, 6) is -1.82. The van der Waals surface area contributed by atoms with Crippen molar-refractivity contribution in [2.75, 3.05) is 6.54 Å². The van der Waals surface area contributed by atoms with Crippen molar-refractivity contribution in [1.29, 1.82) is 0 Å². The van der Waals surface area contributed by atoms with Crippen LogP contribution in [-0.2, 0) is 16.1 Å². The summed E-state index contributed by atoms with van der Waals surface area (Å²) in [6.07, 6.45) is 3.13. The second-order valence-corrected chi connectivity index (χ2v) is 6.21. The molecule has 0 aliphatic heterocycles. The number of hydrogen-bond acceptors (Lipinski definition) is 4. The maximum atomic E-state index is 12.6. The number of carboxylic acids is 1. The summed E-state index contributed by atoms with van der Waals surface area (Å²) in [5, 5.41) is 9.53. The molecule has 1 aromatic heterocycles. The number of nitrogens with zero attached hydrogens (tertiary/aromatic N) is 3. The lowest BCUT2D eigenvalue weighted by molar-refractivity contribution is -0.143. The van der Waals surface area contributed by atoms with Gasteiger partial charge < -0.3 is 10.0 Å². The van der Waals surface area contributed by atoms with Crippen molar-refractivity contribution in [2.24, 2.45) is 5.92 Å². The van der Waals surface area contributed by atoms with Crippen molar-refractivity contribution in [1.82, 2.24) is 14.5 Å². The van der Waals surface area contributed by atoms with Gasteiger partial charge in [-0.1, -0.05) is 19.1 Å². The average Bonchev–Trinajstić information content (AvgIpc) is 3.39. The Morgan fingerprint density at radius 2 is 2.08 bits per heavy atom. The van der Waals surface area contributed by atoms with Crippen molar-refractivity contribution in [3.63, 3.8) is 0 Å². The Kier molecular flexibility index (Phi) is 4.33. The van der Waals surface area contributed by atoms with Gasteiger partial charge in [-0.2, -0.15) is 0 Å². The second kappa shape index (κ2) is 6.43. The third kappa shape index (κ3) is 3.29. The molecular formula is C17H19N3O4. The number of carbonyl (C=O) groups excluding carboxylic acids is 1. The molecule has 0 saturated heterocycles. The molecule has 7 heteroatoms. The van der Waals surface area contributed by atoms with Crippen molar-refractivity contribution in [2.45, 2.75) is 32.4 Å². The van der Waals surface area contributed by atoms with Crippen LogP contribution in [0.2, 0.25) is 0 Å². The first-order chi connectivity index (χ1) is 11.5. The standard InChI is InChI=1S/C17H19N3O4/c1-11(17(23)24)8-20(12-6-7-12)15(21)9-19-10-18-14-5-3-2-4-13(14)16(19)22/h2-5,10-12H,6-9H2,1H3,(H,23,24). The minimum atomic E-state index is -0.932. The van der Waals surface area contributed by atoms with Crippen LogP contribution in [0.1, 0.15) is 19.8 Å². The number of aliphatic carboxylic acids is 1. The van der Waals surface area contributed by atoms with Crippen molar-refractivity contribution >= 4 is 22.8 Å². The molecule has 0 spiro atoms. The molecule has 1 unspecified atom stereocenters. The maximum absolute atomic E-state index is 12.6. The van der Waals surface area contributed by atoms with Crippen molar-refractivity contribution in [3.05, 3.63) is 40.9 Å². The molecule has 1 saturated carbocycles. The van der Waals surface area contributed by atoms with Crippen LogP contribution in [0.15, 0.2) is 35.4 Å². The van der Waals surface area contributed by atoms with Gasteiger partial charge in [-0.15, -0.1) is 0 Å². The first-order valence-electron chi connectivity index (χ1n) is 7.94. The van der Waals surface area contributed by atoms with Gasteiger partial charge in [0.2, 0.25) is 5.91 Å². The summed E-state index contributed by atoms with van der Waals surface area (Å²) < 4.78 is 1.28. The highest BCUT2D eigenvalue weighted by Gasteiger charge is 2.34. The van der Waals surface area contributed by atoms with E-state index in [0.717, 1.165) is 12.8 Å². The van der Waals surface area contributed by atoms with Crippen LogP contribution in [0, 0.1) is 5.92 Å². The van der Waals surface area contributed by atoms with E-state index in [4.69, 9.17) is 5.11 Å². The van der Waals surface area contributed by atoms with Gasteiger partial charge in [0.25, 0.3) is 5.56 Å². The number of benzene rings is 1. The van der Waals surface area contributed by atoms with E-state index in [1.807, 2.05) is 0 Å². The van der Waals surface area contributed by atoms with E-state index in [1.165, 1.54) is 10.9 Å². The van der Waals surface area contributed by atoms with Crippen LogP contribution in [0.3, 0.4) is 0 Å². The number of aromatic nitrogens is 2. The normalized spacial score (nSPS) is 15.2. The second-order valence-electron chi connectivity index (χ2n) is 6.21. The van der Waals surface area contributed by atoms with E-state index in [9.17, 15) is 14.4 Å². The molecule has 0 bridgehead atoms. The zero-order chi connectivity index (χ0) is 17.3. The summed E-state index contributed by atoms with van der Waals surface area (Å²) in [7, 11) is 0. The maximum Gasteiger partial charge on any atom is 0.308 e. The SMILES string of the molecule is CC(CN(C(=O)Cn1cnc2ccccc2c1=O)C1CC1)C(=O)O. The van der Waals surface area contributed by atoms with E-state index in [2.05, 4.69) is 4.98 Å². The number of fused-ring (bicyclic) bond motifs is 1. The molecule has 1 heterocycles. The van der Waals surface area contributed by atoms with E-state index >= 15 is 0 Å². The quantitative estimate of drug-likeness (QED) is 0.857. The molecule has 24 heavy (non-hydrogen) atoms. The molecule has 1 amide bonds. The molecule has 1 aromatic carbocycles. The summed E-state index contributed by atoms with van der Waals surface area (Å²) in [5.41, 5.74) is 0.320. The molecule has 0 radical (unpaired) electrons.